The highest BCUT2D eigenvalue weighted by molar-refractivity contribution is 7.66. The van der Waals surface area contributed by atoms with Crippen LogP contribution in [0.25, 0.3) is 0 Å². The Labute approximate surface area is 173 Å². The lowest BCUT2D eigenvalue weighted by Gasteiger charge is -2.26. The van der Waals surface area contributed by atoms with Crippen LogP contribution >= 0.6 is 23.5 Å². The molecule has 22 heteroatoms. The monoisotopic (exact) mass is 536 g/mol. The number of nitrogens with zero attached hydrogens (tertiary/aromatic N) is 1. The first kappa shape index (κ1) is 27.0. The lowest BCUT2D eigenvalue weighted by atomic mass is 9.97. The highest BCUT2D eigenvalue weighted by Crippen LogP contribution is 2.66. The third-order valence-corrected chi connectivity index (χ3v) is 7.56. The third kappa shape index (κ3) is 6.22. The summed E-state index contributed by atoms with van der Waals surface area (Å²) in [7, 11) is -17.3. The van der Waals surface area contributed by atoms with E-state index in [0.717, 1.165) is 0 Å². The van der Waals surface area contributed by atoms with Crippen LogP contribution < -0.4 is 11.2 Å². The third-order valence-electron chi connectivity index (χ3n) is 3.76. The van der Waals surface area contributed by atoms with Crippen molar-refractivity contribution in [2.24, 2.45) is 0 Å². The van der Waals surface area contributed by atoms with Crippen molar-refractivity contribution < 1.29 is 69.4 Å². The van der Waals surface area contributed by atoms with Crippen molar-refractivity contribution >= 4 is 23.5 Å². The molecule has 3 unspecified atom stereocenters. The van der Waals surface area contributed by atoms with E-state index in [-0.39, 0.29) is 10.8 Å². The molecule has 0 bridgehead atoms. The number of aromatic amines is 1. The van der Waals surface area contributed by atoms with Crippen LogP contribution in [0.2, 0.25) is 0 Å². The van der Waals surface area contributed by atoms with Gasteiger partial charge in [0, 0.05) is 0 Å². The maximum Gasteiger partial charge on any atom is 0.490 e. The summed E-state index contributed by atoms with van der Waals surface area (Å²) in [5, 5.41) is 9.99. The van der Waals surface area contributed by atoms with E-state index in [1.807, 2.05) is 0 Å². The van der Waals surface area contributed by atoms with Gasteiger partial charge in [-0.15, -0.1) is 0 Å². The average molecular weight is 536 g/mol. The molecule has 1 aliphatic rings. The minimum atomic E-state index is -5.88. The number of nitrogens with one attached hydrogen (secondary N) is 1. The van der Waals surface area contributed by atoms with Gasteiger partial charge in [0.15, 0.2) is 6.23 Å². The van der Waals surface area contributed by atoms with E-state index >= 15 is 0 Å². The molecule has 1 fully saturated rings. The first-order valence-electron chi connectivity index (χ1n) is 7.78. The Bertz CT molecular complexity index is 1120. The summed E-state index contributed by atoms with van der Waals surface area (Å²) in [5.74, 6) is -1.61. The topological polar surface area (TPSA) is 244 Å². The molecule has 1 aliphatic heterocycles. The van der Waals surface area contributed by atoms with E-state index < -0.39 is 77.9 Å². The van der Waals surface area contributed by atoms with E-state index in [9.17, 15) is 46.5 Å². The number of aromatic nitrogens is 2. The number of hydrogen-bond donors (Lipinski definition) is 6. The second-order valence-electron chi connectivity index (χ2n) is 6.06. The Morgan fingerprint density at radius 3 is 2.28 bits per heavy atom. The summed E-state index contributed by atoms with van der Waals surface area (Å²) < 4.78 is 91.3. The molecule has 0 aromatic carbocycles. The molecule has 32 heavy (non-hydrogen) atoms. The zero-order valence-corrected chi connectivity index (χ0v) is 17.7. The second-order valence-corrected chi connectivity index (χ2v) is 10.5. The zero-order valence-electron chi connectivity index (χ0n) is 15.1. The van der Waals surface area contributed by atoms with Crippen molar-refractivity contribution in [3.8, 4) is 0 Å². The van der Waals surface area contributed by atoms with Crippen molar-refractivity contribution in [1.82, 2.24) is 9.55 Å². The minimum absolute atomic E-state index is 0.0460. The Morgan fingerprint density at radius 1 is 1.16 bits per heavy atom. The predicted molar refractivity (Wildman–Crippen MR) is 90.8 cm³/mol. The Hall–Kier alpha value is -1.20. The van der Waals surface area contributed by atoms with Gasteiger partial charge < -0.3 is 29.4 Å². The molecule has 0 amide bonds. The van der Waals surface area contributed by atoms with Crippen molar-refractivity contribution in [2.45, 2.75) is 24.1 Å². The van der Waals surface area contributed by atoms with Gasteiger partial charge in [0.25, 0.3) is 5.56 Å². The van der Waals surface area contributed by atoms with Gasteiger partial charge >= 0.3 is 29.2 Å². The number of hydrogen-bond acceptors (Lipinski definition) is 10. The predicted octanol–water partition coefficient (Wildman–Crippen LogP) is -1.04. The number of aliphatic hydroxyl groups is 1. The van der Waals surface area contributed by atoms with Crippen molar-refractivity contribution in [1.29, 1.82) is 0 Å². The van der Waals surface area contributed by atoms with Crippen LogP contribution in [0.5, 0.6) is 0 Å². The highest BCUT2D eigenvalue weighted by atomic mass is 31.3. The molecular weight excluding hydrogens is 522 g/mol. The van der Waals surface area contributed by atoms with Gasteiger partial charge in [-0.05, 0) is 0 Å². The van der Waals surface area contributed by atoms with Gasteiger partial charge in [-0.3, -0.25) is 18.9 Å². The highest BCUT2D eigenvalue weighted by Gasteiger charge is 2.59. The Kier molecular flexibility index (Phi) is 7.79. The molecule has 0 radical (unpaired) electrons. The summed E-state index contributed by atoms with van der Waals surface area (Å²) in [4.78, 5) is 59.6. The van der Waals surface area contributed by atoms with Crippen LogP contribution in [-0.2, 0) is 31.6 Å². The maximum atomic E-state index is 15.0. The molecule has 1 aromatic rings. The van der Waals surface area contributed by atoms with Crippen LogP contribution in [0.3, 0.4) is 0 Å². The molecule has 1 saturated heterocycles. The SMILES string of the molecule is O=c1[nH]c(=O)n([C@@H]2O[C@H](COP(=O)(O)OP(=O)(O)OP(=O)(O)O)C(O)[C@]2(F)CF)cc1F. The van der Waals surface area contributed by atoms with E-state index in [1.165, 1.54) is 4.98 Å². The van der Waals surface area contributed by atoms with E-state index in [1.54, 1.807) is 0 Å². The molecule has 6 N–H and O–H groups in total. The van der Waals surface area contributed by atoms with Crippen molar-refractivity contribution in [3.05, 3.63) is 32.9 Å². The number of aliphatic hydroxyl groups excluding tert-OH is 1. The van der Waals surface area contributed by atoms with E-state index in [4.69, 9.17) is 19.4 Å². The first-order chi connectivity index (χ1) is 14.4. The molecule has 0 aliphatic carbocycles. The van der Waals surface area contributed by atoms with Gasteiger partial charge in [0.1, 0.15) is 18.9 Å². The fourth-order valence-corrected chi connectivity index (χ4v) is 5.52. The largest absolute Gasteiger partial charge is 0.490 e. The molecule has 6 atom stereocenters. The number of phosphoric acid groups is 3. The van der Waals surface area contributed by atoms with E-state index in [0.29, 0.717) is 0 Å². The number of H-pyrrole nitrogens is 1. The van der Waals surface area contributed by atoms with Gasteiger partial charge in [-0.2, -0.15) is 13.0 Å². The number of ether oxygens (including phenoxy) is 1. The quantitative estimate of drug-likeness (QED) is 0.207. The lowest BCUT2D eigenvalue weighted by molar-refractivity contribution is -0.0735. The van der Waals surface area contributed by atoms with Crippen LogP contribution in [-0.4, -0.2) is 65.4 Å². The zero-order chi connectivity index (χ0) is 24.7. The molecule has 0 saturated carbocycles. The molecule has 2 rings (SSSR count). The molecule has 184 valence electrons. The summed E-state index contributed by atoms with van der Waals surface area (Å²) in [6, 6.07) is 0. The molecule has 16 nitrogen and oxygen atoms in total. The van der Waals surface area contributed by atoms with Crippen LogP contribution in [0.4, 0.5) is 13.2 Å². The summed E-state index contributed by atoms with van der Waals surface area (Å²) in [6.07, 6.45) is -6.91. The number of phosphoric ester groups is 1. The number of rotatable bonds is 9. The van der Waals surface area contributed by atoms with Crippen LogP contribution in [0.15, 0.2) is 15.8 Å². The van der Waals surface area contributed by atoms with Crippen molar-refractivity contribution in [3.63, 3.8) is 0 Å². The molecule has 0 spiro atoms. The fraction of sp³-hybridized carbons (Fsp3) is 0.600. The van der Waals surface area contributed by atoms with E-state index in [2.05, 4.69) is 13.1 Å². The van der Waals surface area contributed by atoms with Gasteiger partial charge in [-0.1, -0.05) is 0 Å². The van der Waals surface area contributed by atoms with Crippen LogP contribution in [0.1, 0.15) is 6.23 Å². The maximum absolute atomic E-state index is 15.0. The lowest BCUT2D eigenvalue weighted by Crippen LogP contribution is -2.48. The first-order valence-corrected chi connectivity index (χ1v) is 12.3. The smallest absolute Gasteiger partial charge is 0.387 e. The van der Waals surface area contributed by atoms with Gasteiger partial charge in [0.2, 0.25) is 11.5 Å². The molecule has 2 heterocycles. The van der Waals surface area contributed by atoms with Gasteiger partial charge in [0.05, 0.1) is 12.8 Å². The molecular formula is C10H14F3N2O14P3. The number of alkyl halides is 2. The minimum Gasteiger partial charge on any atom is -0.387 e. The summed E-state index contributed by atoms with van der Waals surface area (Å²) in [6.45, 7) is -3.44. The van der Waals surface area contributed by atoms with Gasteiger partial charge in [-0.25, -0.2) is 27.3 Å². The Balaban J connectivity index is 2.22. The van der Waals surface area contributed by atoms with Crippen molar-refractivity contribution in [2.75, 3.05) is 13.3 Å². The normalized spacial score (nSPS) is 30.1. The fourth-order valence-electron chi connectivity index (χ4n) is 2.49. The summed E-state index contributed by atoms with van der Waals surface area (Å²) in [5.41, 5.74) is -6.45. The second kappa shape index (κ2) is 9.21. The Morgan fingerprint density at radius 2 is 1.75 bits per heavy atom. The number of halogens is 3. The van der Waals surface area contributed by atoms with Crippen LogP contribution in [0, 0.1) is 5.82 Å². The summed E-state index contributed by atoms with van der Waals surface area (Å²) >= 11 is 0. The average Bonchev–Trinajstić information content (AvgIpc) is 2.85. The standard InChI is InChI=1S/C10H14F3N2O14P3/c11-3-10(13)6(16)5(27-8(10)15-1-4(12)7(17)14-9(15)18)2-26-31(22,23)29-32(24,25)28-30(19,20)21/h1,5-6,8,16H,2-3H2,(H,22,23)(H,24,25)(H,14,17,18)(H2,19,20,21)/t5-,6?,8-,10-/m1/s1. The molecule has 1 aromatic heterocycles.